The Hall–Kier alpha value is -2.96. The number of fused-ring (bicyclic) bond motifs is 1. The molecule has 1 N–H and O–H groups in total. The number of carbonyl (C=O) groups is 2. The second-order valence-corrected chi connectivity index (χ2v) is 9.00. The van der Waals surface area contributed by atoms with Crippen LogP contribution in [0.4, 0.5) is 5.69 Å². The second-order valence-electron chi connectivity index (χ2n) is 9.00. The lowest BCUT2D eigenvalue weighted by Crippen LogP contribution is -2.38. The Kier molecular flexibility index (Phi) is 7.02. The molecule has 4 rings (SSSR count). The molecule has 0 unspecified atom stereocenters. The summed E-state index contributed by atoms with van der Waals surface area (Å²) in [5, 5.41) is 7.42. The molecular formula is C25H32N4O3. The fraction of sp³-hybridized carbons (Fsp3) is 0.520. The highest BCUT2D eigenvalue weighted by Gasteiger charge is 2.32. The third kappa shape index (κ3) is 5.09. The molecule has 0 radical (unpaired) electrons. The maximum atomic E-state index is 13.2. The molecule has 2 aromatic rings. The van der Waals surface area contributed by atoms with Gasteiger partial charge in [0.15, 0.2) is 0 Å². The minimum Gasteiger partial charge on any atom is -0.353 e. The number of nitrogens with one attached hydrogen (secondary N) is 1. The van der Waals surface area contributed by atoms with Crippen LogP contribution in [0, 0.1) is 0 Å². The molecule has 1 aromatic heterocycles. The zero-order valence-corrected chi connectivity index (χ0v) is 18.8. The van der Waals surface area contributed by atoms with Crippen LogP contribution in [0.25, 0.3) is 0 Å². The van der Waals surface area contributed by atoms with Crippen molar-refractivity contribution in [3.05, 3.63) is 58.0 Å². The van der Waals surface area contributed by atoms with E-state index >= 15 is 0 Å². The SMILES string of the molecule is C[C@@H]1Cc2ccccc2N1C(=O)c1ccc(=O)n(CCC(=O)NC2CCCCCCC2)n1. The number of amides is 2. The molecule has 32 heavy (non-hydrogen) atoms. The fourth-order valence-electron chi connectivity index (χ4n) is 4.83. The van der Waals surface area contributed by atoms with Crippen molar-refractivity contribution in [3.8, 4) is 0 Å². The lowest BCUT2D eigenvalue weighted by Gasteiger charge is -2.22. The van der Waals surface area contributed by atoms with Gasteiger partial charge in [0.2, 0.25) is 5.91 Å². The van der Waals surface area contributed by atoms with Gasteiger partial charge in [0.25, 0.3) is 11.5 Å². The topological polar surface area (TPSA) is 84.3 Å². The predicted octanol–water partition coefficient (Wildman–Crippen LogP) is 3.45. The summed E-state index contributed by atoms with van der Waals surface area (Å²) in [6, 6.07) is 10.9. The van der Waals surface area contributed by atoms with E-state index in [9.17, 15) is 14.4 Å². The van der Waals surface area contributed by atoms with E-state index in [0.717, 1.165) is 43.4 Å². The maximum absolute atomic E-state index is 13.2. The van der Waals surface area contributed by atoms with Crippen molar-refractivity contribution in [1.82, 2.24) is 15.1 Å². The summed E-state index contributed by atoms with van der Waals surface area (Å²) in [6.45, 7) is 2.17. The fourth-order valence-corrected chi connectivity index (χ4v) is 4.83. The highest BCUT2D eigenvalue weighted by Crippen LogP contribution is 2.32. The standard InChI is InChI=1S/C25H32N4O3/c1-18-17-19-9-7-8-12-22(19)29(18)25(32)21-13-14-24(31)28(27-21)16-15-23(30)26-20-10-5-3-2-4-6-11-20/h7-9,12-14,18,20H,2-6,10-11,15-17H2,1H3,(H,26,30)/t18-/m1/s1. The van der Waals surface area contributed by atoms with E-state index in [-0.39, 0.29) is 48.1 Å². The van der Waals surface area contributed by atoms with Gasteiger partial charge in [-0.05, 0) is 43.9 Å². The monoisotopic (exact) mass is 436 g/mol. The zero-order valence-electron chi connectivity index (χ0n) is 18.8. The van der Waals surface area contributed by atoms with E-state index in [4.69, 9.17) is 0 Å². The first-order valence-corrected chi connectivity index (χ1v) is 11.8. The van der Waals surface area contributed by atoms with Gasteiger partial charge < -0.3 is 10.2 Å². The highest BCUT2D eigenvalue weighted by atomic mass is 16.2. The molecule has 1 atom stereocenters. The van der Waals surface area contributed by atoms with Crippen molar-refractivity contribution in [2.75, 3.05) is 4.90 Å². The van der Waals surface area contributed by atoms with Crippen molar-refractivity contribution in [2.45, 2.75) is 83.3 Å². The molecule has 2 amide bonds. The largest absolute Gasteiger partial charge is 0.353 e. The van der Waals surface area contributed by atoms with Gasteiger partial charge in [-0.1, -0.05) is 50.3 Å². The Labute approximate surface area is 188 Å². The predicted molar refractivity (Wildman–Crippen MR) is 124 cm³/mol. The van der Waals surface area contributed by atoms with E-state index in [2.05, 4.69) is 10.4 Å². The van der Waals surface area contributed by atoms with Crippen LogP contribution in [0.5, 0.6) is 0 Å². The van der Waals surface area contributed by atoms with Crippen LogP contribution < -0.4 is 15.8 Å². The van der Waals surface area contributed by atoms with Gasteiger partial charge in [-0.15, -0.1) is 0 Å². The van der Waals surface area contributed by atoms with Crippen molar-refractivity contribution < 1.29 is 9.59 Å². The highest BCUT2D eigenvalue weighted by molar-refractivity contribution is 6.06. The average Bonchev–Trinajstić information content (AvgIpc) is 3.10. The number of benzene rings is 1. The third-order valence-corrected chi connectivity index (χ3v) is 6.53. The molecule has 2 heterocycles. The minimum atomic E-state index is -0.310. The van der Waals surface area contributed by atoms with E-state index in [1.54, 1.807) is 4.90 Å². The molecule has 0 bridgehead atoms. The van der Waals surface area contributed by atoms with Crippen LogP contribution >= 0.6 is 0 Å². The normalized spacial score (nSPS) is 19.2. The van der Waals surface area contributed by atoms with Gasteiger partial charge in [0, 0.05) is 30.3 Å². The maximum Gasteiger partial charge on any atom is 0.278 e. The number of anilines is 1. The zero-order chi connectivity index (χ0) is 22.5. The first kappa shape index (κ1) is 22.2. The molecule has 1 fully saturated rings. The first-order chi connectivity index (χ1) is 15.5. The number of rotatable bonds is 5. The van der Waals surface area contributed by atoms with Crippen LogP contribution in [0.3, 0.4) is 0 Å². The Morgan fingerprint density at radius 2 is 1.75 bits per heavy atom. The Morgan fingerprint density at radius 3 is 2.53 bits per heavy atom. The van der Waals surface area contributed by atoms with E-state index in [0.29, 0.717) is 0 Å². The molecular weight excluding hydrogens is 404 g/mol. The number of hydrogen-bond donors (Lipinski definition) is 1. The molecule has 2 aliphatic rings. The van der Waals surface area contributed by atoms with Gasteiger partial charge in [-0.2, -0.15) is 5.10 Å². The van der Waals surface area contributed by atoms with Gasteiger partial charge in [0.1, 0.15) is 5.69 Å². The molecule has 1 aliphatic heterocycles. The summed E-state index contributed by atoms with van der Waals surface area (Å²) in [6.07, 6.45) is 9.04. The average molecular weight is 437 g/mol. The Morgan fingerprint density at radius 1 is 1.03 bits per heavy atom. The summed E-state index contributed by atoms with van der Waals surface area (Å²) in [5.74, 6) is -0.293. The second kappa shape index (κ2) is 10.1. The van der Waals surface area contributed by atoms with E-state index < -0.39 is 0 Å². The lowest BCUT2D eigenvalue weighted by atomic mass is 9.96. The quantitative estimate of drug-likeness (QED) is 0.778. The molecule has 1 aliphatic carbocycles. The van der Waals surface area contributed by atoms with Gasteiger partial charge >= 0.3 is 0 Å². The van der Waals surface area contributed by atoms with Crippen molar-refractivity contribution in [1.29, 1.82) is 0 Å². The Bertz CT molecular complexity index is 1020. The van der Waals surface area contributed by atoms with Gasteiger partial charge in [0.05, 0.1) is 6.54 Å². The van der Waals surface area contributed by atoms with Gasteiger partial charge in [-0.3, -0.25) is 14.4 Å². The molecule has 0 saturated heterocycles. The summed E-state index contributed by atoms with van der Waals surface area (Å²) in [5.41, 5.74) is 1.93. The summed E-state index contributed by atoms with van der Waals surface area (Å²) >= 11 is 0. The van der Waals surface area contributed by atoms with Crippen LogP contribution in [0.15, 0.2) is 41.2 Å². The van der Waals surface area contributed by atoms with E-state index in [1.165, 1.54) is 36.1 Å². The third-order valence-electron chi connectivity index (χ3n) is 6.53. The number of aromatic nitrogens is 2. The number of hydrogen-bond acceptors (Lipinski definition) is 4. The summed E-state index contributed by atoms with van der Waals surface area (Å²) < 4.78 is 1.23. The molecule has 7 heteroatoms. The smallest absolute Gasteiger partial charge is 0.278 e. The summed E-state index contributed by atoms with van der Waals surface area (Å²) in [7, 11) is 0. The first-order valence-electron chi connectivity index (χ1n) is 11.8. The van der Waals surface area contributed by atoms with Gasteiger partial charge in [-0.25, -0.2) is 4.68 Å². The number of carbonyl (C=O) groups excluding carboxylic acids is 2. The van der Waals surface area contributed by atoms with Crippen LogP contribution in [-0.4, -0.2) is 33.7 Å². The van der Waals surface area contributed by atoms with Crippen LogP contribution in [0.2, 0.25) is 0 Å². The number of para-hydroxylation sites is 1. The number of aryl methyl sites for hydroxylation is 1. The van der Waals surface area contributed by atoms with Crippen molar-refractivity contribution >= 4 is 17.5 Å². The molecule has 1 saturated carbocycles. The van der Waals surface area contributed by atoms with E-state index in [1.807, 2.05) is 31.2 Å². The summed E-state index contributed by atoms with van der Waals surface area (Å²) in [4.78, 5) is 39.7. The number of nitrogens with zero attached hydrogens (tertiary/aromatic N) is 3. The molecule has 170 valence electrons. The van der Waals surface area contributed by atoms with Crippen molar-refractivity contribution in [3.63, 3.8) is 0 Å². The molecule has 7 nitrogen and oxygen atoms in total. The minimum absolute atomic E-state index is 0.0247. The van der Waals surface area contributed by atoms with Crippen molar-refractivity contribution in [2.24, 2.45) is 0 Å². The molecule has 1 aromatic carbocycles. The van der Waals surface area contributed by atoms with Crippen LogP contribution in [-0.2, 0) is 17.8 Å². The van der Waals surface area contributed by atoms with Crippen LogP contribution in [0.1, 0.15) is 74.3 Å². The Balaban J connectivity index is 1.41. The lowest BCUT2D eigenvalue weighted by molar-refractivity contribution is -0.122. The molecule has 0 spiro atoms.